The fourth-order valence-corrected chi connectivity index (χ4v) is 2.60. The number of carbonyl (C=O) groups is 1. The highest BCUT2D eigenvalue weighted by Crippen LogP contribution is 2.23. The molecule has 0 spiro atoms. The van der Waals surface area contributed by atoms with Crippen LogP contribution in [0.15, 0.2) is 24.3 Å². The molecule has 1 aromatic rings. The quantitative estimate of drug-likeness (QED) is 0.342. The van der Waals surface area contributed by atoms with Gasteiger partial charge in [-0.25, -0.2) is 0 Å². The third kappa shape index (κ3) is 5.18. The second-order valence-corrected chi connectivity index (χ2v) is 5.19. The topological polar surface area (TPSA) is 95.5 Å². The van der Waals surface area contributed by atoms with Crippen molar-refractivity contribution in [1.29, 1.82) is 0 Å². The van der Waals surface area contributed by atoms with Crippen molar-refractivity contribution < 1.29 is 14.5 Å². The van der Waals surface area contributed by atoms with E-state index in [0.29, 0.717) is 30.1 Å². The Morgan fingerprint density at radius 2 is 2.20 bits per heavy atom. The molecule has 0 aromatic heterocycles. The Morgan fingerprint density at radius 3 is 2.85 bits per heavy atom. The molecule has 20 heavy (non-hydrogen) atoms. The molecule has 0 bridgehead atoms. The second kappa shape index (κ2) is 8.55. The van der Waals surface area contributed by atoms with Crippen LogP contribution in [-0.2, 0) is 15.3 Å². The van der Waals surface area contributed by atoms with Crippen LogP contribution in [0.5, 0.6) is 0 Å². The van der Waals surface area contributed by atoms with Crippen molar-refractivity contribution in [3.05, 3.63) is 39.9 Å². The standard InChI is InChI=1S/C13H18N2O4S/c1-2-19-13(16)11(14)7-8-20-9-10-5-3-4-6-12(10)15(17)18/h3-6,11H,2,7-9,14H2,1H3. The summed E-state index contributed by atoms with van der Waals surface area (Å²) in [5.74, 6) is 0.762. The van der Waals surface area contributed by atoms with Gasteiger partial charge in [0.2, 0.25) is 0 Å². The van der Waals surface area contributed by atoms with Gasteiger partial charge in [0.25, 0.3) is 5.69 Å². The Morgan fingerprint density at radius 1 is 1.50 bits per heavy atom. The Hall–Kier alpha value is -1.60. The monoisotopic (exact) mass is 298 g/mol. The third-order valence-corrected chi connectivity index (χ3v) is 3.65. The van der Waals surface area contributed by atoms with Gasteiger partial charge in [0.05, 0.1) is 11.5 Å². The molecule has 0 fully saturated rings. The summed E-state index contributed by atoms with van der Waals surface area (Å²) < 4.78 is 4.81. The zero-order chi connectivity index (χ0) is 15.0. The van der Waals surface area contributed by atoms with Gasteiger partial charge in [0, 0.05) is 17.4 Å². The molecule has 1 aromatic carbocycles. The van der Waals surface area contributed by atoms with E-state index in [1.807, 2.05) is 0 Å². The number of ether oxygens (including phenoxy) is 1. The predicted octanol–water partition coefficient (Wildman–Crippen LogP) is 2.11. The van der Waals surface area contributed by atoms with Gasteiger partial charge in [0.15, 0.2) is 0 Å². The summed E-state index contributed by atoms with van der Waals surface area (Å²) in [6, 6.07) is 6.00. The maximum absolute atomic E-state index is 11.3. The van der Waals surface area contributed by atoms with Gasteiger partial charge in [-0.2, -0.15) is 11.8 Å². The highest BCUT2D eigenvalue weighted by molar-refractivity contribution is 7.98. The first-order valence-corrected chi connectivity index (χ1v) is 7.44. The first-order chi connectivity index (χ1) is 9.56. The van der Waals surface area contributed by atoms with Crippen LogP contribution < -0.4 is 5.73 Å². The average molecular weight is 298 g/mol. The number of thioether (sulfide) groups is 1. The highest BCUT2D eigenvalue weighted by Gasteiger charge is 2.15. The Balaban J connectivity index is 2.38. The van der Waals surface area contributed by atoms with Gasteiger partial charge < -0.3 is 10.5 Å². The molecule has 0 aliphatic carbocycles. The zero-order valence-electron chi connectivity index (χ0n) is 11.3. The van der Waals surface area contributed by atoms with E-state index in [9.17, 15) is 14.9 Å². The number of esters is 1. The number of para-hydroxylation sites is 1. The molecular formula is C13H18N2O4S. The molecular weight excluding hydrogens is 280 g/mol. The number of nitrogens with two attached hydrogens (primary N) is 1. The molecule has 0 saturated heterocycles. The normalized spacial score (nSPS) is 11.9. The van der Waals surface area contributed by atoms with Gasteiger partial charge in [-0.05, 0) is 19.1 Å². The minimum absolute atomic E-state index is 0.120. The fourth-order valence-electron chi connectivity index (χ4n) is 1.57. The van der Waals surface area contributed by atoms with Gasteiger partial charge >= 0.3 is 5.97 Å². The number of carbonyl (C=O) groups excluding carboxylic acids is 1. The van der Waals surface area contributed by atoms with Crippen LogP contribution in [-0.4, -0.2) is 29.3 Å². The minimum Gasteiger partial charge on any atom is -0.465 e. The molecule has 1 rings (SSSR count). The molecule has 110 valence electrons. The Kier molecular flexibility index (Phi) is 7.03. The minimum atomic E-state index is -0.631. The van der Waals surface area contributed by atoms with E-state index >= 15 is 0 Å². The second-order valence-electron chi connectivity index (χ2n) is 4.09. The number of nitrogens with zero attached hydrogens (tertiary/aromatic N) is 1. The molecule has 0 aliphatic heterocycles. The summed E-state index contributed by atoms with van der Waals surface area (Å²) in [6.45, 7) is 2.05. The number of benzene rings is 1. The number of nitro groups is 1. The van der Waals surface area contributed by atoms with Crippen molar-refractivity contribution in [3.8, 4) is 0 Å². The van der Waals surface area contributed by atoms with E-state index in [1.54, 1.807) is 25.1 Å². The first-order valence-electron chi connectivity index (χ1n) is 6.28. The molecule has 0 saturated carbocycles. The van der Waals surface area contributed by atoms with Gasteiger partial charge in [-0.15, -0.1) is 0 Å². The van der Waals surface area contributed by atoms with Crippen LogP contribution in [0.3, 0.4) is 0 Å². The maximum atomic E-state index is 11.3. The SMILES string of the molecule is CCOC(=O)C(N)CCSCc1ccccc1[N+](=O)[O-]. The molecule has 0 amide bonds. The molecule has 7 heteroatoms. The molecule has 1 unspecified atom stereocenters. The van der Waals surface area contributed by atoms with E-state index in [0.717, 1.165) is 0 Å². The largest absolute Gasteiger partial charge is 0.465 e. The van der Waals surface area contributed by atoms with Crippen LogP contribution in [0.4, 0.5) is 5.69 Å². The van der Waals surface area contributed by atoms with Crippen LogP contribution in [0.25, 0.3) is 0 Å². The predicted molar refractivity (Wildman–Crippen MR) is 78.5 cm³/mol. The summed E-state index contributed by atoms with van der Waals surface area (Å²) in [5, 5.41) is 10.8. The molecule has 2 N–H and O–H groups in total. The van der Waals surface area contributed by atoms with Crippen LogP contribution >= 0.6 is 11.8 Å². The van der Waals surface area contributed by atoms with Gasteiger partial charge in [-0.3, -0.25) is 14.9 Å². The lowest BCUT2D eigenvalue weighted by Crippen LogP contribution is -2.32. The lowest BCUT2D eigenvalue weighted by Gasteiger charge is -2.10. The number of hydrogen-bond acceptors (Lipinski definition) is 6. The van der Waals surface area contributed by atoms with E-state index in [2.05, 4.69) is 0 Å². The first kappa shape index (κ1) is 16.5. The molecule has 6 nitrogen and oxygen atoms in total. The van der Waals surface area contributed by atoms with Crippen molar-refractivity contribution in [3.63, 3.8) is 0 Å². The van der Waals surface area contributed by atoms with Crippen LogP contribution in [0.2, 0.25) is 0 Å². The van der Waals surface area contributed by atoms with Crippen molar-refractivity contribution >= 4 is 23.4 Å². The van der Waals surface area contributed by atoms with Crippen LogP contribution in [0.1, 0.15) is 18.9 Å². The number of nitro benzene ring substituents is 1. The van der Waals surface area contributed by atoms with Crippen molar-refractivity contribution in [2.45, 2.75) is 25.1 Å². The lowest BCUT2D eigenvalue weighted by molar-refractivity contribution is -0.385. The zero-order valence-corrected chi connectivity index (χ0v) is 12.1. The average Bonchev–Trinajstić information content (AvgIpc) is 2.43. The van der Waals surface area contributed by atoms with Crippen LogP contribution in [0, 0.1) is 10.1 Å². The van der Waals surface area contributed by atoms with E-state index < -0.39 is 12.0 Å². The highest BCUT2D eigenvalue weighted by atomic mass is 32.2. The summed E-state index contributed by atoms with van der Waals surface area (Å²) in [4.78, 5) is 21.8. The van der Waals surface area contributed by atoms with Gasteiger partial charge in [-0.1, -0.05) is 18.2 Å². The smallest absolute Gasteiger partial charge is 0.322 e. The Labute approximate surface area is 121 Å². The van der Waals surface area contributed by atoms with Crippen molar-refractivity contribution in [1.82, 2.24) is 0 Å². The summed E-state index contributed by atoms with van der Waals surface area (Å²) in [6.07, 6.45) is 0.490. The van der Waals surface area contributed by atoms with E-state index in [4.69, 9.17) is 10.5 Å². The van der Waals surface area contributed by atoms with Gasteiger partial charge in [0.1, 0.15) is 6.04 Å². The Bertz CT molecular complexity index is 467. The lowest BCUT2D eigenvalue weighted by atomic mass is 10.2. The summed E-state index contributed by atoms with van der Waals surface area (Å²) in [5.41, 5.74) is 6.46. The van der Waals surface area contributed by atoms with Crippen molar-refractivity contribution in [2.24, 2.45) is 5.73 Å². The van der Waals surface area contributed by atoms with Crippen molar-refractivity contribution in [2.75, 3.05) is 12.4 Å². The molecule has 0 radical (unpaired) electrons. The molecule has 1 atom stereocenters. The number of rotatable bonds is 8. The number of hydrogen-bond donors (Lipinski definition) is 1. The maximum Gasteiger partial charge on any atom is 0.322 e. The van der Waals surface area contributed by atoms with E-state index in [-0.39, 0.29) is 10.6 Å². The molecule has 0 aliphatic rings. The summed E-state index contributed by atoms with van der Waals surface area (Å²) >= 11 is 1.51. The summed E-state index contributed by atoms with van der Waals surface area (Å²) in [7, 11) is 0. The third-order valence-electron chi connectivity index (χ3n) is 2.61. The molecule has 0 heterocycles. The van der Waals surface area contributed by atoms with E-state index in [1.165, 1.54) is 17.8 Å². The fraction of sp³-hybridized carbons (Fsp3) is 0.462.